The van der Waals surface area contributed by atoms with Crippen LogP contribution < -0.4 is 14.8 Å². The van der Waals surface area contributed by atoms with Gasteiger partial charge in [-0.3, -0.25) is 4.79 Å². The molecule has 0 aliphatic heterocycles. The van der Waals surface area contributed by atoms with Crippen LogP contribution in [0, 0.1) is 0 Å². The molecule has 0 heterocycles. The number of para-hydroxylation sites is 2. The van der Waals surface area contributed by atoms with E-state index in [1.807, 2.05) is 24.3 Å². The van der Waals surface area contributed by atoms with Crippen molar-refractivity contribution in [3.63, 3.8) is 0 Å². The Morgan fingerprint density at radius 2 is 1.66 bits per heavy atom. The summed E-state index contributed by atoms with van der Waals surface area (Å²) in [6, 6.07) is 13.5. The van der Waals surface area contributed by atoms with Gasteiger partial charge in [0.05, 0.1) is 5.69 Å². The van der Waals surface area contributed by atoms with E-state index in [0.29, 0.717) is 18.0 Å². The van der Waals surface area contributed by atoms with E-state index in [0.717, 1.165) is 11.3 Å². The van der Waals surface area contributed by atoms with Gasteiger partial charge in [0.2, 0.25) is 0 Å². The Balaban J connectivity index is 2.13. The minimum atomic E-state index is -0.237. The summed E-state index contributed by atoms with van der Waals surface area (Å²) in [5, 5.41) is 2.86. The number of ether oxygens (including phenoxy) is 2. The SMILES string of the molecule is C=CCOc1ccccc1NC(=O)COc1ccc(C(C)(C)C)cc1C(C)(C)C. The van der Waals surface area contributed by atoms with E-state index in [1.54, 1.807) is 12.1 Å². The zero-order chi connectivity index (χ0) is 21.7. The maximum atomic E-state index is 12.5. The highest BCUT2D eigenvalue weighted by atomic mass is 16.5. The molecule has 0 aromatic heterocycles. The topological polar surface area (TPSA) is 47.6 Å². The van der Waals surface area contributed by atoms with Gasteiger partial charge < -0.3 is 14.8 Å². The number of rotatable bonds is 7. The molecule has 0 radical (unpaired) electrons. The number of benzene rings is 2. The molecule has 156 valence electrons. The minimum Gasteiger partial charge on any atom is -0.487 e. The Morgan fingerprint density at radius 1 is 0.966 bits per heavy atom. The second-order valence-corrected chi connectivity index (χ2v) is 9.14. The van der Waals surface area contributed by atoms with Gasteiger partial charge in [-0.2, -0.15) is 0 Å². The van der Waals surface area contributed by atoms with Crippen molar-refractivity contribution in [3.05, 3.63) is 66.2 Å². The average molecular weight is 396 g/mol. The van der Waals surface area contributed by atoms with Crippen molar-refractivity contribution >= 4 is 11.6 Å². The second-order valence-electron chi connectivity index (χ2n) is 9.14. The van der Waals surface area contributed by atoms with E-state index >= 15 is 0 Å². The first-order chi connectivity index (χ1) is 13.5. The van der Waals surface area contributed by atoms with Crippen LogP contribution in [-0.4, -0.2) is 19.1 Å². The molecule has 1 N–H and O–H groups in total. The van der Waals surface area contributed by atoms with Crippen LogP contribution in [-0.2, 0) is 15.6 Å². The number of hydrogen-bond donors (Lipinski definition) is 1. The number of anilines is 1. The molecular weight excluding hydrogens is 362 g/mol. The number of nitrogens with one attached hydrogen (secondary N) is 1. The van der Waals surface area contributed by atoms with E-state index in [-0.39, 0.29) is 23.3 Å². The van der Waals surface area contributed by atoms with Gasteiger partial charge >= 0.3 is 0 Å². The van der Waals surface area contributed by atoms with Crippen molar-refractivity contribution in [2.24, 2.45) is 0 Å². The molecule has 1 amide bonds. The highest BCUT2D eigenvalue weighted by Crippen LogP contribution is 2.35. The van der Waals surface area contributed by atoms with Gasteiger partial charge in [0.15, 0.2) is 6.61 Å². The summed E-state index contributed by atoms with van der Waals surface area (Å²) in [7, 11) is 0. The summed E-state index contributed by atoms with van der Waals surface area (Å²) in [6.45, 7) is 17.0. The van der Waals surface area contributed by atoms with E-state index < -0.39 is 0 Å². The zero-order valence-electron chi connectivity index (χ0n) is 18.5. The molecule has 2 aromatic carbocycles. The van der Waals surface area contributed by atoms with Crippen molar-refractivity contribution in [2.75, 3.05) is 18.5 Å². The fraction of sp³-hybridized carbons (Fsp3) is 0.400. The Labute approximate surface area is 174 Å². The maximum absolute atomic E-state index is 12.5. The summed E-state index contributed by atoms with van der Waals surface area (Å²) >= 11 is 0. The van der Waals surface area contributed by atoms with Crippen molar-refractivity contribution in [1.29, 1.82) is 0 Å². The Hall–Kier alpha value is -2.75. The maximum Gasteiger partial charge on any atom is 0.262 e. The lowest BCUT2D eigenvalue weighted by atomic mass is 9.80. The molecule has 0 unspecified atom stereocenters. The summed E-state index contributed by atoms with van der Waals surface area (Å²) in [5.74, 6) is 1.10. The first-order valence-electron chi connectivity index (χ1n) is 9.93. The van der Waals surface area contributed by atoms with Gasteiger partial charge in [-0.25, -0.2) is 0 Å². The fourth-order valence-electron chi connectivity index (χ4n) is 2.88. The number of amides is 1. The highest BCUT2D eigenvalue weighted by molar-refractivity contribution is 5.93. The van der Waals surface area contributed by atoms with Gasteiger partial charge in [-0.05, 0) is 40.2 Å². The third kappa shape index (κ3) is 6.38. The van der Waals surface area contributed by atoms with Crippen LogP contribution in [0.4, 0.5) is 5.69 Å². The van der Waals surface area contributed by atoms with Crippen molar-refractivity contribution < 1.29 is 14.3 Å². The fourth-order valence-corrected chi connectivity index (χ4v) is 2.88. The molecule has 0 bridgehead atoms. The first kappa shape index (κ1) is 22.5. The van der Waals surface area contributed by atoms with Crippen LogP contribution in [0.2, 0.25) is 0 Å². The highest BCUT2D eigenvalue weighted by Gasteiger charge is 2.23. The van der Waals surface area contributed by atoms with E-state index in [4.69, 9.17) is 9.47 Å². The zero-order valence-corrected chi connectivity index (χ0v) is 18.5. The van der Waals surface area contributed by atoms with Crippen LogP contribution in [0.25, 0.3) is 0 Å². The number of carbonyl (C=O) groups is 1. The largest absolute Gasteiger partial charge is 0.487 e. The number of carbonyl (C=O) groups excluding carboxylic acids is 1. The predicted octanol–water partition coefficient (Wildman–Crippen LogP) is 5.86. The molecule has 4 heteroatoms. The quantitative estimate of drug-likeness (QED) is 0.597. The standard InChI is InChI=1S/C25H33NO3/c1-8-15-28-22-12-10-9-11-20(22)26-23(27)17-29-21-14-13-18(24(2,3)4)16-19(21)25(5,6)7/h8-14,16H,1,15,17H2,2-7H3,(H,26,27). The van der Waals surface area contributed by atoms with Crippen LogP contribution in [0.1, 0.15) is 52.7 Å². The molecular formula is C25H33NO3. The second kappa shape index (κ2) is 9.17. The van der Waals surface area contributed by atoms with E-state index in [9.17, 15) is 4.79 Å². The molecule has 2 rings (SSSR count). The smallest absolute Gasteiger partial charge is 0.262 e. The predicted molar refractivity (Wildman–Crippen MR) is 120 cm³/mol. The van der Waals surface area contributed by atoms with Crippen molar-refractivity contribution in [1.82, 2.24) is 0 Å². The Morgan fingerprint density at radius 3 is 2.28 bits per heavy atom. The minimum absolute atomic E-state index is 0.0467. The average Bonchev–Trinajstić information content (AvgIpc) is 2.64. The van der Waals surface area contributed by atoms with Gasteiger partial charge in [-0.1, -0.05) is 78.5 Å². The molecule has 0 spiro atoms. The van der Waals surface area contributed by atoms with Gasteiger partial charge in [0.25, 0.3) is 5.91 Å². The van der Waals surface area contributed by atoms with E-state index in [1.165, 1.54) is 5.56 Å². The summed E-state index contributed by atoms with van der Waals surface area (Å²) in [6.07, 6.45) is 1.66. The van der Waals surface area contributed by atoms with E-state index in [2.05, 4.69) is 65.6 Å². The van der Waals surface area contributed by atoms with Crippen LogP contribution in [0.15, 0.2) is 55.1 Å². The number of hydrogen-bond acceptors (Lipinski definition) is 3. The Kier molecular flexibility index (Phi) is 7.12. The molecule has 0 aliphatic rings. The van der Waals surface area contributed by atoms with Crippen molar-refractivity contribution in [2.45, 2.75) is 52.4 Å². The third-order valence-corrected chi connectivity index (χ3v) is 4.53. The van der Waals surface area contributed by atoms with Gasteiger partial charge in [0, 0.05) is 0 Å². The lowest BCUT2D eigenvalue weighted by molar-refractivity contribution is -0.118. The summed E-state index contributed by atoms with van der Waals surface area (Å²) in [4.78, 5) is 12.5. The third-order valence-electron chi connectivity index (χ3n) is 4.53. The lowest BCUT2D eigenvalue weighted by Crippen LogP contribution is -2.23. The molecule has 2 aromatic rings. The van der Waals surface area contributed by atoms with Crippen LogP contribution >= 0.6 is 0 Å². The van der Waals surface area contributed by atoms with Crippen molar-refractivity contribution in [3.8, 4) is 11.5 Å². The van der Waals surface area contributed by atoms with Crippen LogP contribution in [0.5, 0.6) is 11.5 Å². The first-order valence-corrected chi connectivity index (χ1v) is 9.93. The normalized spacial score (nSPS) is 11.7. The monoisotopic (exact) mass is 395 g/mol. The summed E-state index contributed by atoms with van der Waals surface area (Å²) < 4.78 is 11.5. The van der Waals surface area contributed by atoms with Gasteiger partial charge in [-0.15, -0.1) is 0 Å². The lowest BCUT2D eigenvalue weighted by Gasteiger charge is -2.27. The molecule has 0 aliphatic carbocycles. The molecule has 0 saturated heterocycles. The summed E-state index contributed by atoms with van der Waals surface area (Å²) in [5.41, 5.74) is 2.89. The molecule has 0 fully saturated rings. The Bertz CT molecular complexity index is 857. The molecule has 4 nitrogen and oxygen atoms in total. The van der Waals surface area contributed by atoms with Gasteiger partial charge in [0.1, 0.15) is 18.1 Å². The van der Waals surface area contributed by atoms with Crippen LogP contribution in [0.3, 0.4) is 0 Å². The molecule has 0 atom stereocenters. The molecule has 29 heavy (non-hydrogen) atoms. The molecule has 0 saturated carbocycles.